The van der Waals surface area contributed by atoms with Gasteiger partial charge < -0.3 is 9.84 Å². The average molecular weight is 292 g/mol. The highest BCUT2D eigenvalue weighted by Gasteiger charge is 2.22. The van der Waals surface area contributed by atoms with E-state index in [4.69, 9.17) is 0 Å². The van der Waals surface area contributed by atoms with Gasteiger partial charge in [0.15, 0.2) is 17.7 Å². The van der Waals surface area contributed by atoms with Crippen LogP contribution in [0.5, 0.6) is 0 Å². The van der Waals surface area contributed by atoms with Crippen molar-refractivity contribution in [3.05, 3.63) is 59.7 Å². The zero-order chi connectivity index (χ0) is 15.4. The molecule has 0 radical (unpaired) electrons. The SMILES string of the molecule is CCOC(=O)C(O)c1cc(F)c(F)c(-c2ccccc2)c1. The molecule has 0 amide bonds. The van der Waals surface area contributed by atoms with Crippen molar-refractivity contribution in [1.29, 1.82) is 0 Å². The van der Waals surface area contributed by atoms with Gasteiger partial charge in [0.25, 0.3) is 0 Å². The zero-order valence-corrected chi connectivity index (χ0v) is 11.3. The van der Waals surface area contributed by atoms with Gasteiger partial charge in [0.2, 0.25) is 0 Å². The van der Waals surface area contributed by atoms with Gasteiger partial charge in [-0.1, -0.05) is 30.3 Å². The quantitative estimate of drug-likeness (QED) is 0.880. The van der Waals surface area contributed by atoms with Crippen LogP contribution in [0, 0.1) is 11.6 Å². The first-order valence-electron chi connectivity index (χ1n) is 6.43. The summed E-state index contributed by atoms with van der Waals surface area (Å²) in [6, 6.07) is 10.4. The van der Waals surface area contributed by atoms with Gasteiger partial charge in [-0.15, -0.1) is 0 Å². The lowest BCUT2D eigenvalue weighted by atomic mass is 9.99. The van der Waals surface area contributed by atoms with Crippen molar-refractivity contribution in [2.75, 3.05) is 6.61 Å². The maximum atomic E-state index is 13.9. The van der Waals surface area contributed by atoms with E-state index in [1.165, 1.54) is 6.07 Å². The summed E-state index contributed by atoms with van der Waals surface area (Å²) in [6.07, 6.45) is -1.65. The number of aliphatic hydroxyl groups is 1. The van der Waals surface area contributed by atoms with Gasteiger partial charge in [0.05, 0.1) is 6.61 Å². The van der Waals surface area contributed by atoms with E-state index < -0.39 is 23.7 Å². The third kappa shape index (κ3) is 3.25. The predicted molar refractivity (Wildman–Crippen MR) is 73.4 cm³/mol. The van der Waals surface area contributed by atoms with Crippen LogP contribution in [0.1, 0.15) is 18.6 Å². The molecule has 0 aliphatic rings. The summed E-state index contributed by atoms with van der Waals surface area (Å²) in [4.78, 5) is 11.5. The van der Waals surface area contributed by atoms with Crippen molar-refractivity contribution in [3.8, 4) is 11.1 Å². The molecule has 0 spiro atoms. The van der Waals surface area contributed by atoms with Gasteiger partial charge in [-0.2, -0.15) is 0 Å². The predicted octanol–water partition coefficient (Wildman–Crippen LogP) is 3.23. The van der Waals surface area contributed by atoms with E-state index in [0.717, 1.165) is 6.07 Å². The second-order valence-corrected chi connectivity index (χ2v) is 4.38. The monoisotopic (exact) mass is 292 g/mol. The normalized spacial score (nSPS) is 12.0. The molecule has 1 unspecified atom stereocenters. The van der Waals surface area contributed by atoms with Gasteiger partial charge in [-0.05, 0) is 30.2 Å². The van der Waals surface area contributed by atoms with Crippen LogP contribution in [0.3, 0.4) is 0 Å². The van der Waals surface area contributed by atoms with Crippen LogP contribution in [-0.4, -0.2) is 17.7 Å². The molecular weight excluding hydrogens is 278 g/mol. The number of halogens is 2. The molecule has 2 aromatic rings. The third-order valence-electron chi connectivity index (χ3n) is 2.96. The van der Waals surface area contributed by atoms with Crippen LogP contribution in [0.4, 0.5) is 8.78 Å². The molecular formula is C16H14F2O3. The highest BCUT2D eigenvalue weighted by molar-refractivity contribution is 5.77. The molecule has 1 N–H and O–H groups in total. The van der Waals surface area contributed by atoms with Gasteiger partial charge in [0, 0.05) is 5.56 Å². The number of hydrogen-bond donors (Lipinski definition) is 1. The first-order chi connectivity index (χ1) is 10.0. The lowest BCUT2D eigenvalue weighted by Crippen LogP contribution is -2.16. The number of esters is 1. The maximum absolute atomic E-state index is 13.9. The Kier molecular flexibility index (Phi) is 4.65. The number of hydrogen-bond acceptors (Lipinski definition) is 3. The van der Waals surface area contributed by atoms with E-state index in [1.54, 1.807) is 37.3 Å². The van der Waals surface area contributed by atoms with Crippen LogP contribution in [0.15, 0.2) is 42.5 Å². The molecule has 5 heteroatoms. The minimum absolute atomic E-state index is 0.0195. The summed E-state index contributed by atoms with van der Waals surface area (Å²) in [5.74, 6) is -3.06. The Labute approximate surface area is 120 Å². The molecule has 0 aromatic heterocycles. The van der Waals surface area contributed by atoms with E-state index in [-0.39, 0.29) is 17.7 Å². The number of carbonyl (C=O) groups excluding carboxylic acids is 1. The number of carbonyl (C=O) groups is 1. The number of rotatable bonds is 4. The molecule has 0 bridgehead atoms. The van der Waals surface area contributed by atoms with E-state index in [1.807, 2.05) is 0 Å². The lowest BCUT2D eigenvalue weighted by molar-refractivity contribution is -0.153. The van der Waals surface area contributed by atoms with Gasteiger partial charge >= 0.3 is 5.97 Å². The summed E-state index contributed by atoms with van der Waals surface area (Å²) in [5, 5.41) is 9.84. The Balaban J connectivity index is 2.46. The van der Waals surface area contributed by atoms with Crippen LogP contribution >= 0.6 is 0 Å². The van der Waals surface area contributed by atoms with Crippen molar-refractivity contribution < 1.29 is 23.4 Å². The molecule has 110 valence electrons. The van der Waals surface area contributed by atoms with Gasteiger partial charge in [-0.3, -0.25) is 0 Å². The minimum Gasteiger partial charge on any atom is -0.464 e. The topological polar surface area (TPSA) is 46.5 Å². The van der Waals surface area contributed by atoms with Crippen molar-refractivity contribution in [3.63, 3.8) is 0 Å². The van der Waals surface area contributed by atoms with Crippen LogP contribution < -0.4 is 0 Å². The first-order valence-corrected chi connectivity index (χ1v) is 6.43. The Hall–Kier alpha value is -2.27. The summed E-state index contributed by atoms with van der Waals surface area (Å²) in [7, 11) is 0. The van der Waals surface area contributed by atoms with Crippen molar-refractivity contribution in [1.82, 2.24) is 0 Å². The lowest BCUT2D eigenvalue weighted by Gasteiger charge is -2.13. The fourth-order valence-electron chi connectivity index (χ4n) is 1.95. The number of ether oxygens (including phenoxy) is 1. The Morgan fingerprint density at radius 2 is 1.90 bits per heavy atom. The molecule has 0 heterocycles. The van der Waals surface area contributed by atoms with Crippen molar-refractivity contribution in [2.45, 2.75) is 13.0 Å². The Bertz CT molecular complexity index is 641. The average Bonchev–Trinajstić information content (AvgIpc) is 2.50. The largest absolute Gasteiger partial charge is 0.464 e. The molecule has 2 aromatic carbocycles. The fraction of sp³-hybridized carbons (Fsp3) is 0.188. The minimum atomic E-state index is -1.65. The van der Waals surface area contributed by atoms with Gasteiger partial charge in [-0.25, -0.2) is 13.6 Å². The van der Waals surface area contributed by atoms with Crippen LogP contribution in [-0.2, 0) is 9.53 Å². The zero-order valence-electron chi connectivity index (χ0n) is 11.3. The standard InChI is InChI=1S/C16H14F2O3/c1-2-21-16(20)15(19)11-8-12(14(18)13(17)9-11)10-6-4-3-5-7-10/h3-9,15,19H,2H2,1H3. The molecule has 0 fully saturated rings. The number of benzene rings is 2. The molecule has 0 aliphatic carbocycles. The van der Waals surface area contributed by atoms with Gasteiger partial charge in [0.1, 0.15) is 0 Å². The fourth-order valence-corrected chi connectivity index (χ4v) is 1.95. The van der Waals surface area contributed by atoms with E-state index >= 15 is 0 Å². The molecule has 0 saturated heterocycles. The van der Waals surface area contributed by atoms with E-state index in [2.05, 4.69) is 4.74 Å². The Morgan fingerprint density at radius 1 is 1.24 bits per heavy atom. The summed E-state index contributed by atoms with van der Waals surface area (Å²) in [6.45, 7) is 1.68. The molecule has 2 rings (SSSR count). The summed E-state index contributed by atoms with van der Waals surface area (Å²) < 4.78 is 32.3. The number of aliphatic hydroxyl groups excluding tert-OH is 1. The smallest absolute Gasteiger partial charge is 0.339 e. The van der Waals surface area contributed by atoms with E-state index in [0.29, 0.717) is 5.56 Å². The molecule has 21 heavy (non-hydrogen) atoms. The van der Waals surface area contributed by atoms with Crippen LogP contribution in [0.25, 0.3) is 11.1 Å². The first kappa shape index (κ1) is 15.1. The second kappa shape index (κ2) is 6.45. The second-order valence-electron chi connectivity index (χ2n) is 4.38. The van der Waals surface area contributed by atoms with Crippen LogP contribution in [0.2, 0.25) is 0 Å². The van der Waals surface area contributed by atoms with E-state index in [9.17, 15) is 18.7 Å². The highest BCUT2D eigenvalue weighted by atomic mass is 19.2. The molecule has 0 aliphatic heterocycles. The highest BCUT2D eigenvalue weighted by Crippen LogP contribution is 2.28. The maximum Gasteiger partial charge on any atom is 0.339 e. The van der Waals surface area contributed by atoms with Crippen molar-refractivity contribution in [2.24, 2.45) is 0 Å². The molecule has 0 saturated carbocycles. The molecule has 1 atom stereocenters. The third-order valence-corrected chi connectivity index (χ3v) is 2.96. The summed E-state index contributed by atoms with van der Waals surface area (Å²) in [5.41, 5.74) is 0.381. The van der Waals surface area contributed by atoms with Crippen molar-refractivity contribution >= 4 is 5.97 Å². The Morgan fingerprint density at radius 3 is 2.52 bits per heavy atom. The summed E-state index contributed by atoms with van der Waals surface area (Å²) >= 11 is 0. The molecule has 3 nitrogen and oxygen atoms in total.